The number of piperidine rings is 1. The van der Waals surface area contributed by atoms with E-state index < -0.39 is 0 Å². The molecule has 1 aliphatic carbocycles. The van der Waals surface area contributed by atoms with Crippen molar-refractivity contribution in [3.8, 4) is 0 Å². The van der Waals surface area contributed by atoms with E-state index in [1.54, 1.807) is 0 Å². The number of hydrogen-bond donors (Lipinski definition) is 1. The highest BCUT2D eigenvalue weighted by molar-refractivity contribution is 9.10. The molecule has 0 spiro atoms. The van der Waals surface area contributed by atoms with Gasteiger partial charge < -0.3 is 5.73 Å². The van der Waals surface area contributed by atoms with Crippen LogP contribution in [0, 0.1) is 12.8 Å². The van der Waals surface area contributed by atoms with Crippen LogP contribution in [0.4, 0.5) is 0 Å². The van der Waals surface area contributed by atoms with Crippen molar-refractivity contribution in [2.45, 2.75) is 44.7 Å². The molecule has 2 atom stereocenters. The minimum Gasteiger partial charge on any atom is -0.330 e. The molecule has 0 aromatic carbocycles. The topological polar surface area (TPSA) is 29.3 Å². The Labute approximate surface area is 122 Å². The van der Waals surface area contributed by atoms with Crippen LogP contribution in [-0.4, -0.2) is 24.0 Å². The molecule has 0 bridgehead atoms. The van der Waals surface area contributed by atoms with Gasteiger partial charge in [-0.25, -0.2) is 0 Å². The first kappa shape index (κ1) is 13.1. The molecule has 2 unspecified atom stereocenters. The van der Waals surface area contributed by atoms with Crippen LogP contribution in [0.5, 0.6) is 0 Å². The summed E-state index contributed by atoms with van der Waals surface area (Å²) in [6, 6.07) is 3.74. The molecule has 0 radical (unpaired) electrons. The maximum atomic E-state index is 6.02. The molecule has 2 aliphatic rings. The Morgan fingerprint density at radius 2 is 2.22 bits per heavy atom. The van der Waals surface area contributed by atoms with Gasteiger partial charge in [0, 0.05) is 26.3 Å². The molecule has 1 aromatic rings. The molecule has 2 fully saturated rings. The molecule has 1 aliphatic heterocycles. The zero-order valence-electron chi connectivity index (χ0n) is 10.9. The first-order chi connectivity index (χ1) is 8.70. The predicted octanol–water partition coefficient (Wildman–Crippen LogP) is 3.69. The summed E-state index contributed by atoms with van der Waals surface area (Å²) in [7, 11) is 0. The minimum atomic E-state index is 0.575. The number of rotatable bonds is 3. The predicted molar refractivity (Wildman–Crippen MR) is 81.0 cm³/mol. The first-order valence-corrected chi connectivity index (χ1v) is 8.53. The van der Waals surface area contributed by atoms with E-state index >= 15 is 0 Å². The van der Waals surface area contributed by atoms with Crippen LogP contribution >= 0.6 is 27.3 Å². The quantitative estimate of drug-likeness (QED) is 0.916. The fraction of sp³-hybridized carbons (Fsp3) is 0.714. The second-order valence-corrected chi connectivity index (χ2v) is 7.75. The summed E-state index contributed by atoms with van der Waals surface area (Å²) in [5, 5.41) is 0. The molecule has 3 rings (SSSR count). The van der Waals surface area contributed by atoms with Gasteiger partial charge in [-0.15, -0.1) is 11.3 Å². The Morgan fingerprint density at radius 3 is 2.78 bits per heavy atom. The van der Waals surface area contributed by atoms with Crippen molar-refractivity contribution >= 4 is 27.3 Å². The van der Waals surface area contributed by atoms with Crippen LogP contribution in [0.2, 0.25) is 0 Å². The molecule has 4 heteroatoms. The molecular weight excluding hydrogens is 308 g/mol. The van der Waals surface area contributed by atoms with Gasteiger partial charge in [-0.2, -0.15) is 0 Å². The van der Waals surface area contributed by atoms with E-state index in [0.717, 1.165) is 12.6 Å². The van der Waals surface area contributed by atoms with Gasteiger partial charge >= 0.3 is 0 Å². The van der Waals surface area contributed by atoms with Gasteiger partial charge in [0.05, 0.1) is 0 Å². The summed E-state index contributed by atoms with van der Waals surface area (Å²) in [4.78, 5) is 5.64. The second-order valence-electron chi connectivity index (χ2n) is 5.60. The fourth-order valence-corrected chi connectivity index (χ4v) is 4.97. The fourth-order valence-electron chi connectivity index (χ4n) is 3.19. The van der Waals surface area contributed by atoms with Gasteiger partial charge in [0.2, 0.25) is 0 Å². The molecule has 2 nitrogen and oxygen atoms in total. The van der Waals surface area contributed by atoms with Gasteiger partial charge in [-0.05, 0) is 73.6 Å². The molecule has 1 saturated heterocycles. The lowest BCUT2D eigenvalue weighted by atomic mass is 9.88. The van der Waals surface area contributed by atoms with Crippen LogP contribution in [0.3, 0.4) is 0 Å². The van der Waals surface area contributed by atoms with E-state index in [0.29, 0.717) is 12.0 Å². The van der Waals surface area contributed by atoms with Crippen molar-refractivity contribution < 1.29 is 0 Å². The van der Waals surface area contributed by atoms with E-state index in [4.69, 9.17) is 5.73 Å². The first-order valence-electron chi connectivity index (χ1n) is 6.92. The zero-order chi connectivity index (χ0) is 12.7. The van der Waals surface area contributed by atoms with Crippen LogP contribution in [0.15, 0.2) is 10.5 Å². The van der Waals surface area contributed by atoms with E-state index in [2.05, 4.69) is 33.8 Å². The summed E-state index contributed by atoms with van der Waals surface area (Å²) in [5.74, 6) is 0.643. The van der Waals surface area contributed by atoms with Crippen LogP contribution in [0.25, 0.3) is 0 Å². The summed E-state index contributed by atoms with van der Waals surface area (Å²) >= 11 is 5.60. The maximum Gasteiger partial charge on any atom is 0.0485 e. The van der Waals surface area contributed by atoms with Gasteiger partial charge in [0.1, 0.15) is 0 Å². The average Bonchev–Trinajstić information content (AvgIpc) is 3.16. The summed E-state index contributed by atoms with van der Waals surface area (Å²) in [6.45, 7) is 4.28. The number of halogens is 1. The van der Waals surface area contributed by atoms with Gasteiger partial charge in [0.25, 0.3) is 0 Å². The molecular formula is C14H21BrN2S. The highest BCUT2D eigenvalue weighted by Gasteiger charge is 2.40. The summed E-state index contributed by atoms with van der Waals surface area (Å²) < 4.78 is 1.26. The third kappa shape index (κ3) is 2.40. The number of likely N-dealkylation sites (tertiary alicyclic amines) is 1. The zero-order valence-corrected chi connectivity index (χ0v) is 13.3. The number of aryl methyl sites for hydroxylation is 1. The monoisotopic (exact) mass is 328 g/mol. The van der Waals surface area contributed by atoms with Crippen molar-refractivity contribution in [2.75, 3.05) is 13.1 Å². The van der Waals surface area contributed by atoms with E-state index in [-0.39, 0.29) is 0 Å². The number of hydrogen-bond acceptors (Lipinski definition) is 3. The minimum absolute atomic E-state index is 0.575. The lowest BCUT2D eigenvalue weighted by Gasteiger charge is -2.41. The number of nitrogens with zero attached hydrogens (tertiary/aromatic N) is 1. The highest BCUT2D eigenvalue weighted by atomic mass is 79.9. The molecule has 18 heavy (non-hydrogen) atoms. The van der Waals surface area contributed by atoms with Crippen LogP contribution in [0.1, 0.15) is 41.5 Å². The highest BCUT2D eigenvalue weighted by Crippen LogP contribution is 2.45. The van der Waals surface area contributed by atoms with E-state index in [1.165, 1.54) is 46.5 Å². The third-order valence-electron chi connectivity index (χ3n) is 4.28. The number of nitrogens with two attached hydrogens (primary N) is 1. The van der Waals surface area contributed by atoms with Crippen molar-refractivity contribution in [1.29, 1.82) is 0 Å². The van der Waals surface area contributed by atoms with Gasteiger partial charge in [0.15, 0.2) is 0 Å². The smallest absolute Gasteiger partial charge is 0.0485 e. The Morgan fingerprint density at radius 1 is 1.44 bits per heavy atom. The van der Waals surface area contributed by atoms with Crippen LogP contribution in [-0.2, 0) is 0 Å². The largest absolute Gasteiger partial charge is 0.330 e. The molecule has 1 aromatic heterocycles. The standard InChI is InChI=1S/C14H21BrN2S/c1-9-12(15)7-13(18-9)14-10(8-16)3-2-6-17(14)11-4-5-11/h7,10-11,14H,2-6,8,16H2,1H3. The van der Waals surface area contributed by atoms with Crippen molar-refractivity contribution in [2.24, 2.45) is 11.7 Å². The van der Waals surface area contributed by atoms with Crippen molar-refractivity contribution in [3.05, 3.63) is 20.3 Å². The van der Waals surface area contributed by atoms with Gasteiger partial charge in [-0.1, -0.05) is 0 Å². The Bertz CT molecular complexity index is 408. The molecule has 2 heterocycles. The Balaban J connectivity index is 1.91. The third-order valence-corrected chi connectivity index (χ3v) is 6.49. The molecule has 100 valence electrons. The Hall–Kier alpha value is 0.100. The van der Waals surface area contributed by atoms with E-state index in [1.807, 2.05) is 11.3 Å². The summed E-state index contributed by atoms with van der Waals surface area (Å²) in [5.41, 5.74) is 6.02. The molecule has 1 saturated carbocycles. The SMILES string of the molecule is Cc1sc(C2C(CN)CCCN2C2CC2)cc1Br. The van der Waals surface area contributed by atoms with E-state index in [9.17, 15) is 0 Å². The normalized spacial score (nSPS) is 29.7. The van der Waals surface area contributed by atoms with Crippen LogP contribution < -0.4 is 5.73 Å². The second kappa shape index (κ2) is 5.23. The van der Waals surface area contributed by atoms with Crippen molar-refractivity contribution in [1.82, 2.24) is 4.90 Å². The van der Waals surface area contributed by atoms with Gasteiger partial charge in [-0.3, -0.25) is 4.90 Å². The van der Waals surface area contributed by atoms with Crippen molar-refractivity contribution in [3.63, 3.8) is 0 Å². The molecule has 2 N–H and O–H groups in total. The maximum absolute atomic E-state index is 6.02. The number of thiophene rings is 1. The lowest BCUT2D eigenvalue weighted by molar-refractivity contribution is 0.0904. The molecule has 0 amide bonds. The lowest BCUT2D eigenvalue weighted by Crippen LogP contribution is -2.42. The average molecular weight is 329 g/mol. The Kier molecular flexibility index (Phi) is 3.81. The summed E-state index contributed by atoms with van der Waals surface area (Å²) in [6.07, 6.45) is 5.39.